The van der Waals surface area contributed by atoms with Crippen LogP contribution in [0.25, 0.3) is 0 Å². The molecule has 0 bridgehead atoms. The van der Waals surface area contributed by atoms with E-state index in [-0.39, 0.29) is 10.9 Å². The number of ether oxygens (including phenoxy) is 1. The Bertz CT molecular complexity index is 1060. The zero-order chi connectivity index (χ0) is 22.3. The first-order valence-electron chi connectivity index (χ1n) is 12.0. The van der Waals surface area contributed by atoms with Crippen LogP contribution >= 0.6 is 11.3 Å². The predicted molar refractivity (Wildman–Crippen MR) is 126 cm³/mol. The number of aromatic nitrogens is 3. The lowest BCUT2D eigenvalue weighted by Crippen LogP contribution is -2.50. The third kappa shape index (κ3) is 4.29. The van der Waals surface area contributed by atoms with Gasteiger partial charge in [0, 0.05) is 41.5 Å². The molecule has 176 valence electrons. The van der Waals surface area contributed by atoms with Crippen LogP contribution in [-0.4, -0.2) is 58.5 Å². The summed E-state index contributed by atoms with van der Waals surface area (Å²) in [4.78, 5) is 5.45. The van der Waals surface area contributed by atoms with Gasteiger partial charge in [-0.25, -0.2) is 8.42 Å². The minimum absolute atomic E-state index is 0.139. The molecule has 0 aromatic carbocycles. The molecule has 0 amide bonds. The van der Waals surface area contributed by atoms with Gasteiger partial charge in [0.15, 0.2) is 9.84 Å². The van der Waals surface area contributed by atoms with Crippen molar-refractivity contribution in [1.82, 2.24) is 19.9 Å². The van der Waals surface area contributed by atoms with Crippen molar-refractivity contribution in [2.75, 3.05) is 18.9 Å². The fourth-order valence-corrected chi connectivity index (χ4v) is 8.68. The van der Waals surface area contributed by atoms with Crippen LogP contribution in [-0.2, 0) is 46.1 Å². The molecule has 2 aromatic heterocycles. The van der Waals surface area contributed by atoms with Gasteiger partial charge >= 0.3 is 0 Å². The highest BCUT2D eigenvalue weighted by Gasteiger charge is 2.44. The average molecular weight is 479 g/mol. The highest BCUT2D eigenvalue weighted by Crippen LogP contribution is 2.46. The number of fused-ring (bicyclic) bond motifs is 2. The Balaban J connectivity index is 1.24. The Morgan fingerprint density at radius 1 is 1.34 bits per heavy atom. The van der Waals surface area contributed by atoms with Crippen LogP contribution in [0, 0.1) is 0 Å². The third-order valence-electron chi connectivity index (χ3n) is 7.51. The van der Waals surface area contributed by atoms with Gasteiger partial charge in [-0.15, -0.1) is 16.4 Å². The first-order valence-corrected chi connectivity index (χ1v) is 14.5. The van der Waals surface area contributed by atoms with Crippen LogP contribution in [0.1, 0.15) is 67.0 Å². The minimum Gasteiger partial charge on any atom is -0.370 e. The van der Waals surface area contributed by atoms with E-state index >= 15 is 0 Å². The van der Waals surface area contributed by atoms with E-state index in [9.17, 15) is 8.42 Å². The van der Waals surface area contributed by atoms with Gasteiger partial charge in [-0.05, 0) is 50.7 Å². The molecule has 2 saturated heterocycles. The molecule has 3 atom stereocenters. The van der Waals surface area contributed by atoms with Crippen molar-refractivity contribution in [3.8, 4) is 0 Å². The van der Waals surface area contributed by atoms with Crippen molar-refractivity contribution in [3.63, 3.8) is 0 Å². The number of nitrogens with zero attached hydrogens (tertiary/aromatic N) is 4. The monoisotopic (exact) mass is 478 g/mol. The van der Waals surface area contributed by atoms with Crippen molar-refractivity contribution in [1.29, 1.82) is 0 Å². The van der Waals surface area contributed by atoms with Gasteiger partial charge in [-0.2, -0.15) is 0 Å². The number of thiophene rings is 1. The molecule has 5 rings (SSSR count). The van der Waals surface area contributed by atoms with Crippen LogP contribution in [0.4, 0.5) is 0 Å². The van der Waals surface area contributed by atoms with E-state index in [1.807, 2.05) is 17.5 Å². The first-order chi connectivity index (χ1) is 15.4. The summed E-state index contributed by atoms with van der Waals surface area (Å²) in [6, 6.07) is 2.77. The summed E-state index contributed by atoms with van der Waals surface area (Å²) in [7, 11) is -3.00. The van der Waals surface area contributed by atoms with Gasteiger partial charge < -0.3 is 4.74 Å². The third-order valence-corrected chi connectivity index (χ3v) is 11.1. The second-order valence-electron chi connectivity index (χ2n) is 9.69. The Morgan fingerprint density at radius 2 is 2.22 bits per heavy atom. The smallest absolute Gasteiger partial charge is 0.154 e. The highest BCUT2D eigenvalue weighted by atomic mass is 32.2. The van der Waals surface area contributed by atoms with E-state index in [2.05, 4.69) is 35.1 Å². The average Bonchev–Trinajstić information content (AvgIpc) is 3.39. The zero-order valence-corrected chi connectivity index (χ0v) is 20.8. The van der Waals surface area contributed by atoms with Crippen molar-refractivity contribution in [3.05, 3.63) is 33.3 Å². The van der Waals surface area contributed by atoms with Crippen LogP contribution < -0.4 is 0 Å². The summed E-state index contributed by atoms with van der Waals surface area (Å²) in [5.41, 5.74) is 2.21. The molecule has 2 aromatic rings. The summed E-state index contributed by atoms with van der Waals surface area (Å²) in [5, 5.41) is 8.28. The maximum atomic E-state index is 12.3. The first kappa shape index (κ1) is 22.5. The number of likely N-dealkylation sites (tertiary alicyclic amines) is 1. The van der Waals surface area contributed by atoms with Crippen LogP contribution in [0.15, 0.2) is 12.3 Å². The van der Waals surface area contributed by atoms with Crippen molar-refractivity contribution >= 4 is 21.2 Å². The largest absolute Gasteiger partial charge is 0.370 e. The molecule has 3 aliphatic rings. The number of aryl methyl sites for hydroxylation is 1. The topological polar surface area (TPSA) is 77.3 Å². The number of hydrogen-bond donors (Lipinski definition) is 0. The molecule has 1 unspecified atom stereocenters. The molecule has 0 N–H and O–H groups in total. The van der Waals surface area contributed by atoms with E-state index in [1.54, 1.807) is 4.68 Å². The lowest BCUT2D eigenvalue weighted by molar-refractivity contribution is -0.112. The molecule has 1 spiro atoms. The van der Waals surface area contributed by atoms with Crippen molar-refractivity contribution in [2.45, 2.75) is 88.8 Å². The van der Waals surface area contributed by atoms with E-state index in [0.717, 1.165) is 70.3 Å². The molecular weight excluding hydrogens is 444 g/mol. The van der Waals surface area contributed by atoms with Gasteiger partial charge in [0.05, 0.1) is 35.4 Å². The van der Waals surface area contributed by atoms with Gasteiger partial charge in [-0.1, -0.05) is 18.6 Å². The number of piperidine rings is 1. The SMILES string of the molecule is CCc1cc2c(s1)CCO[C@@]21CCN(Cc2cn(CC3CCCCS3(=O)=O)nn2)[C@@H](C)C1. The summed E-state index contributed by atoms with van der Waals surface area (Å²) in [6.07, 6.45) is 8.55. The molecule has 7 nitrogen and oxygen atoms in total. The molecule has 0 radical (unpaired) electrons. The van der Waals surface area contributed by atoms with Gasteiger partial charge in [0.1, 0.15) is 0 Å². The molecule has 5 heterocycles. The normalized spacial score (nSPS) is 30.4. The molecule has 0 aliphatic carbocycles. The fraction of sp³-hybridized carbons (Fsp3) is 0.739. The van der Waals surface area contributed by atoms with Crippen LogP contribution in [0.5, 0.6) is 0 Å². The fourth-order valence-electron chi connectivity index (χ4n) is 5.65. The Labute approximate surface area is 195 Å². The molecule has 0 saturated carbocycles. The molecule has 2 fully saturated rings. The van der Waals surface area contributed by atoms with E-state index in [0.29, 0.717) is 18.3 Å². The van der Waals surface area contributed by atoms with E-state index < -0.39 is 9.84 Å². The molecule has 32 heavy (non-hydrogen) atoms. The number of hydrogen-bond acceptors (Lipinski definition) is 7. The zero-order valence-electron chi connectivity index (χ0n) is 19.1. The lowest BCUT2D eigenvalue weighted by atomic mass is 9.79. The second-order valence-corrected chi connectivity index (χ2v) is 13.3. The predicted octanol–water partition coefficient (Wildman–Crippen LogP) is 3.32. The van der Waals surface area contributed by atoms with Gasteiger partial charge in [0.2, 0.25) is 0 Å². The minimum atomic E-state index is -3.00. The summed E-state index contributed by atoms with van der Waals surface area (Å²) < 4.78 is 32.8. The molecule has 3 aliphatic heterocycles. The maximum Gasteiger partial charge on any atom is 0.154 e. The second kappa shape index (κ2) is 8.81. The van der Waals surface area contributed by atoms with Crippen molar-refractivity contribution < 1.29 is 13.2 Å². The summed E-state index contributed by atoms with van der Waals surface area (Å²) >= 11 is 1.97. The standard InChI is InChI=1S/C23H34N4O3S2/c1-3-19-12-21-22(31-19)7-10-30-23(21)8-9-26(17(2)13-23)14-18-15-27(25-24-18)16-20-6-4-5-11-32(20,28)29/h12,15,17,20H,3-11,13-14,16H2,1-2H3/t17-,20?,23+/m0/s1. The number of sulfone groups is 1. The van der Waals surface area contributed by atoms with E-state index in [1.165, 1.54) is 15.3 Å². The Morgan fingerprint density at radius 3 is 3.00 bits per heavy atom. The number of rotatable bonds is 5. The lowest BCUT2D eigenvalue weighted by Gasteiger charge is -2.47. The van der Waals surface area contributed by atoms with Crippen LogP contribution in [0.2, 0.25) is 0 Å². The Hall–Kier alpha value is -1.29. The van der Waals surface area contributed by atoms with Crippen molar-refractivity contribution in [2.24, 2.45) is 0 Å². The summed E-state index contributed by atoms with van der Waals surface area (Å²) in [5.74, 6) is 0.305. The molecule has 9 heteroatoms. The molecular formula is C23H34N4O3S2. The highest BCUT2D eigenvalue weighted by molar-refractivity contribution is 7.92. The van der Waals surface area contributed by atoms with Gasteiger partial charge in [-0.3, -0.25) is 9.58 Å². The summed E-state index contributed by atoms with van der Waals surface area (Å²) in [6.45, 7) is 7.45. The Kier molecular flexibility index (Phi) is 6.20. The van der Waals surface area contributed by atoms with E-state index in [4.69, 9.17) is 4.74 Å². The van der Waals surface area contributed by atoms with Crippen LogP contribution in [0.3, 0.4) is 0 Å². The van der Waals surface area contributed by atoms with Gasteiger partial charge in [0.25, 0.3) is 0 Å². The quantitative estimate of drug-likeness (QED) is 0.656. The maximum absolute atomic E-state index is 12.3.